The first-order valence-electron chi connectivity index (χ1n) is 18.6. The Hall–Kier alpha value is -6.79. The minimum absolute atomic E-state index is 0.144. The molecule has 0 aliphatic rings. The van der Waals surface area contributed by atoms with Crippen LogP contribution in [-0.4, -0.2) is 9.13 Å². The van der Waals surface area contributed by atoms with Gasteiger partial charge in [0, 0.05) is 32.7 Å². The summed E-state index contributed by atoms with van der Waals surface area (Å²) in [7, 11) is 0. The highest BCUT2D eigenvalue weighted by molar-refractivity contribution is 6.12. The van der Waals surface area contributed by atoms with Crippen molar-refractivity contribution in [2.24, 2.45) is 0 Å². The summed E-state index contributed by atoms with van der Waals surface area (Å²) in [6.45, 7) is 8.07. The third kappa shape index (κ3) is 6.08. The topological polar surface area (TPSA) is 33.6 Å². The molecule has 0 fully saturated rings. The molecule has 9 heteroatoms. The van der Waals surface area contributed by atoms with E-state index in [1.165, 1.54) is 0 Å². The number of fused-ring (bicyclic) bond motifs is 6. The Bertz CT molecular complexity index is 3060. The Morgan fingerprint density at radius 1 is 0.414 bits per heavy atom. The molecule has 0 atom stereocenters. The molecule has 0 spiro atoms. The summed E-state index contributed by atoms with van der Waals surface area (Å²) >= 11 is 0. The number of alkyl halides is 6. The lowest BCUT2D eigenvalue weighted by atomic mass is 9.93. The molecule has 0 N–H and O–H groups in total. The largest absolute Gasteiger partial charge is 0.416 e. The fraction of sp³-hybridized carbons (Fsp3) is 0.122. The smallest absolute Gasteiger partial charge is 0.309 e. The van der Waals surface area contributed by atoms with Crippen LogP contribution in [0.3, 0.4) is 0 Å². The lowest BCUT2D eigenvalue weighted by Gasteiger charge is -2.21. The van der Waals surface area contributed by atoms with E-state index in [0.717, 1.165) is 78.0 Å². The number of nitriles is 1. The summed E-state index contributed by atoms with van der Waals surface area (Å²) < 4.78 is 89.3. The van der Waals surface area contributed by atoms with Gasteiger partial charge in [-0.25, -0.2) is 0 Å². The number of nitrogens with zero attached hydrogens (tertiary/aromatic N) is 3. The fourth-order valence-electron chi connectivity index (χ4n) is 8.28. The third-order valence-electron chi connectivity index (χ3n) is 11.0. The second kappa shape index (κ2) is 13.1. The van der Waals surface area contributed by atoms with Gasteiger partial charge in [-0.3, -0.25) is 0 Å². The van der Waals surface area contributed by atoms with Gasteiger partial charge in [-0.1, -0.05) is 58.7 Å². The predicted octanol–water partition coefficient (Wildman–Crippen LogP) is 14.4. The molecule has 0 aliphatic heterocycles. The van der Waals surface area contributed by atoms with Crippen molar-refractivity contribution in [3.63, 3.8) is 0 Å². The lowest BCUT2D eigenvalue weighted by Crippen LogP contribution is -2.11. The molecule has 58 heavy (non-hydrogen) atoms. The zero-order valence-corrected chi connectivity index (χ0v) is 31.7. The van der Waals surface area contributed by atoms with Gasteiger partial charge < -0.3 is 9.13 Å². The minimum atomic E-state index is -5.02. The van der Waals surface area contributed by atoms with E-state index in [1.54, 1.807) is 30.3 Å². The molecule has 3 nitrogen and oxygen atoms in total. The van der Waals surface area contributed by atoms with Gasteiger partial charge in [-0.15, -0.1) is 0 Å². The average Bonchev–Trinajstić information content (AvgIpc) is 3.67. The molecule has 2 aromatic heterocycles. The maximum absolute atomic E-state index is 14.2. The van der Waals surface area contributed by atoms with Gasteiger partial charge in [0.1, 0.15) is 0 Å². The number of hydrogen-bond donors (Lipinski definition) is 0. The number of hydrogen-bond acceptors (Lipinski definition) is 1. The summed E-state index contributed by atoms with van der Waals surface area (Å²) in [5.41, 5.74) is 7.65. The Balaban J connectivity index is 1.43. The molecule has 2 heterocycles. The summed E-state index contributed by atoms with van der Waals surface area (Å²) in [5, 5.41) is 14.2. The van der Waals surface area contributed by atoms with E-state index in [1.807, 2.05) is 82.3 Å². The van der Waals surface area contributed by atoms with Crippen molar-refractivity contribution in [1.82, 2.24) is 9.13 Å². The lowest BCUT2D eigenvalue weighted by molar-refractivity contribution is -0.143. The first kappa shape index (κ1) is 36.8. The summed E-state index contributed by atoms with van der Waals surface area (Å²) in [4.78, 5) is 0. The van der Waals surface area contributed by atoms with E-state index in [9.17, 15) is 31.6 Å². The van der Waals surface area contributed by atoms with Crippen LogP contribution in [0.1, 0.15) is 38.9 Å². The van der Waals surface area contributed by atoms with Crippen LogP contribution in [0.25, 0.3) is 77.2 Å². The van der Waals surface area contributed by atoms with Gasteiger partial charge >= 0.3 is 12.4 Å². The van der Waals surface area contributed by atoms with Gasteiger partial charge in [0.15, 0.2) is 0 Å². The van der Waals surface area contributed by atoms with Crippen molar-refractivity contribution < 1.29 is 26.3 Å². The van der Waals surface area contributed by atoms with E-state index in [0.29, 0.717) is 28.1 Å². The normalized spacial score (nSPS) is 12.3. The molecule has 0 saturated heterocycles. The second-order valence-electron chi connectivity index (χ2n) is 15.1. The SMILES string of the molecule is Cc1ccc2c(c1)c1cc(C)ccc1n2-c1ccc(-c2cc(C(F)(F)F)cc(C(F)(F)F)c2)cc1-c1ccc(C#N)cc1-n1c2ccc(C)cc2c2cc(C)ccc21. The van der Waals surface area contributed by atoms with E-state index in [-0.39, 0.29) is 17.2 Å². The standard InChI is InChI=1S/C49H33F6N3/c1-27-5-12-42-37(17-27)38-18-28(2)6-13-43(38)57(42)46-16-10-32(33-22-34(48(50,51)52)25-35(23-33)49(53,54)55)24-41(46)36-11-9-31(26-56)21-47(36)58-44-14-7-29(3)19-39(44)40-20-30(4)8-15-45(40)58/h5-25H,1-4H3. The van der Waals surface area contributed by atoms with Crippen molar-refractivity contribution in [2.45, 2.75) is 40.0 Å². The molecule has 9 rings (SSSR count). The number of benzene rings is 7. The maximum atomic E-state index is 14.2. The summed E-state index contributed by atoms with van der Waals surface area (Å²) in [6, 6.07) is 38.8. The fourth-order valence-corrected chi connectivity index (χ4v) is 8.28. The molecular formula is C49H33F6N3. The Morgan fingerprint density at radius 3 is 1.26 bits per heavy atom. The van der Waals surface area contributed by atoms with Crippen LogP contribution in [0, 0.1) is 39.0 Å². The molecule has 7 aromatic carbocycles. The Kier molecular flexibility index (Phi) is 8.34. The summed E-state index contributed by atoms with van der Waals surface area (Å²) in [5.74, 6) is 0. The molecular weight excluding hydrogens is 745 g/mol. The number of rotatable bonds is 4. The van der Waals surface area contributed by atoms with Gasteiger partial charge in [0.2, 0.25) is 0 Å². The van der Waals surface area contributed by atoms with Crippen LogP contribution in [0.4, 0.5) is 26.3 Å². The highest BCUT2D eigenvalue weighted by atomic mass is 19.4. The molecule has 0 amide bonds. The number of aromatic nitrogens is 2. The van der Waals surface area contributed by atoms with Crippen LogP contribution in [-0.2, 0) is 12.4 Å². The van der Waals surface area contributed by atoms with E-state index < -0.39 is 23.5 Å². The van der Waals surface area contributed by atoms with Gasteiger partial charge in [-0.2, -0.15) is 31.6 Å². The Morgan fingerprint density at radius 2 is 0.845 bits per heavy atom. The zero-order chi connectivity index (χ0) is 40.8. The Labute approximate surface area is 329 Å². The van der Waals surface area contributed by atoms with Gasteiger partial charge in [-0.05, 0) is 130 Å². The monoisotopic (exact) mass is 777 g/mol. The van der Waals surface area contributed by atoms with E-state index in [4.69, 9.17) is 0 Å². The third-order valence-corrected chi connectivity index (χ3v) is 11.0. The van der Waals surface area contributed by atoms with Crippen LogP contribution in [0.5, 0.6) is 0 Å². The van der Waals surface area contributed by atoms with Gasteiger partial charge in [0.05, 0.1) is 56.2 Å². The van der Waals surface area contributed by atoms with E-state index in [2.05, 4.69) is 39.5 Å². The van der Waals surface area contributed by atoms with Crippen molar-refractivity contribution in [3.8, 4) is 39.7 Å². The van der Waals surface area contributed by atoms with Crippen molar-refractivity contribution in [1.29, 1.82) is 5.26 Å². The van der Waals surface area contributed by atoms with Crippen molar-refractivity contribution in [3.05, 3.63) is 166 Å². The quantitative estimate of drug-likeness (QED) is 0.164. The number of aryl methyl sites for hydroxylation is 4. The second-order valence-corrected chi connectivity index (χ2v) is 15.1. The highest BCUT2D eigenvalue weighted by Gasteiger charge is 2.37. The van der Waals surface area contributed by atoms with Gasteiger partial charge in [0.25, 0.3) is 0 Å². The predicted molar refractivity (Wildman–Crippen MR) is 220 cm³/mol. The summed E-state index contributed by atoms with van der Waals surface area (Å²) in [6.07, 6.45) is -10.0. The maximum Gasteiger partial charge on any atom is 0.416 e. The first-order valence-corrected chi connectivity index (χ1v) is 18.6. The molecule has 286 valence electrons. The van der Waals surface area contributed by atoms with Crippen LogP contribution >= 0.6 is 0 Å². The zero-order valence-electron chi connectivity index (χ0n) is 31.7. The molecule has 9 aromatic rings. The molecule has 0 radical (unpaired) electrons. The number of halogens is 6. The van der Waals surface area contributed by atoms with Crippen molar-refractivity contribution in [2.75, 3.05) is 0 Å². The van der Waals surface area contributed by atoms with E-state index >= 15 is 0 Å². The highest BCUT2D eigenvalue weighted by Crippen LogP contribution is 2.45. The molecule has 0 saturated carbocycles. The minimum Gasteiger partial charge on any atom is -0.309 e. The van der Waals surface area contributed by atoms with Crippen LogP contribution < -0.4 is 0 Å². The molecule has 0 aliphatic carbocycles. The molecule has 0 unspecified atom stereocenters. The first-order chi connectivity index (χ1) is 27.6. The average molecular weight is 778 g/mol. The van der Waals surface area contributed by atoms with Crippen molar-refractivity contribution >= 4 is 43.6 Å². The van der Waals surface area contributed by atoms with Crippen LogP contribution in [0.2, 0.25) is 0 Å². The molecule has 0 bridgehead atoms. The van der Waals surface area contributed by atoms with Crippen LogP contribution in [0.15, 0.2) is 127 Å².